The molecule has 2 aromatic rings. The standard InChI is InChI=1S/C15H15ClN2OS/c1-9-3-2-4-10(5-9)8-20-14-12(15(18)19)6-11(17)7-13(14)16/h2-7H,8,17H2,1H3,(H2,18,19). The summed E-state index contributed by atoms with van der Waals surface area (Å²) in [6.45, 7) is 2.04. The van der Waals surface area contributed by atoms with Crippen LogP contribution in [0.5, 0.6) is 0 Å². The lowest BCUT2D eigenvalue weighted by Gasteiger charge is -2.10. The molecule has 0 fully saturated rings. The Bertz CT molecular complexity index is 658. The van der Waals surface area contributed by atoms with E-state index in [9.17, 15) is 4.79 Å². The van der Waals surface area contributed by atoms with Gasteiger partial charge in [0.25, 0.3) is 0 Å². The van der Waals surface area contributed by atoms with Gasteiger partial charge in [0.05, 0.1) is 10.6 Å². The lowest BCUT2D eigenvalue weighted by molar-refractivity contribution is 0.0997. The summed E-state index contributed by atoms with van der Waals surface area (Å²) in [5.41, 5.74) is 14.2. The molecule has 4 N–H and O–H groups in total. The molecule has 0 spiro atoms. The molecule has 2 aromatic carbocycles. The van der Waals surface area contributed by atoms with Crippen LogP contribution in [0.2, 0.25) is 5.02 Å². The Morgan fingerprint density at radius 2 is 2.05 bits per heavy atom. The first kappa shape index (κ1) is 14.8. The molecule has 20 heavy (non-hydrogen) atoms. The zero-order valence-corrected chi connectivity index (χ0v) is 12.6. The normalized spacial score (nSPS) is 10.5. The fourth-order valence-corrected chi connectivity index (χ4v) is 3.30. The van der Waals surface area contributed by atoms with Crippen molar-refractivity contribution in [1.29, 1.82) is 0 Å². The highest BCUT2D eigenvalue weighted by Gasteiger charge is 2.14. The number of anilines is 1. The molecule has 0 aliphatic rings. The maximum atomic E-state index is 11.5. The summed E-state index contributed by atoms with van der Waals surface area (Å²) in [7, 11) is 0. The fraction of sp³-hybridized carbons (Fsp3) is 0.133. The van der Waals surface area contributed by atoms with Crippen LogP contribution in [0, 0.1) is 6.92 Å². The Hall–Kier alpha value is -1.65. The lowest BCUT2D eigenvalue weighted by atomic mass is 10.2. The van der Waals surface area contributed by atoms with Crippen molar-refractivity contribution >= 4 is 35.0 Å². The molecule has 0 aliphatic heterocycles. The molecule has 0 radical (unpaired) electrons. The van der Waals surface area contributed by atoms with Crippen molar-refractivity contribution in [2.75, 3.05) is 5.73 Å². The Labute approximate surface area is 127 Å². The number of nitrogens with two attached hydrogens (primary N) is 2. The number of aryl methyl sites for hydroxylation is 1. The highest BCUT2D eigenvalue weighted by molar-refractivity contribution is 7.98. The van der Waals surface area contributed by atoms with Gasteiger partial charge in [0.1, 0.15) is 0 Å². The SMILES string of the molecule is Cc1cccc(CSc2c(Cl)cc(N)cc2C(N)=O)c1. The van der Waals surface area contributed by atoms with Crippen LogP contribution in [0.4, 0.5) is 5.69 Å². The molecule has 104 valence electrons. The van der Waals surface area contributed by atoms with E-state index in [2.05, 4.69) is 6.07 Å². The van der Waals surface area contributed by atoms with Gasteiger partial charge in [0.15, 0.2) is 0 Å². The number of halogens is 1. The number of primary amides is 1. The van der Waals surface area contributed by atoms with Gasteiger partial charge in [-0.1, -0.05) is 41.4 Å². The van der Waals surface area contributed by atoms with E-state index >= 15 is 0 Å². The second-order valence-corrected chi connectivity index (χ2v) is 5.91. The molecule has 0 saturated carbocycles. The van der Waals surface area contributed by atoms with E-state index in [-0.39, 0.29) is 0 Å². The average Bonchev–Trinajstić information content (AvgIpc) is 2.36. The van der Waals surface area contributed by atoms with Crippen LogP contribution in [-0.4, -0.2) is 5.91 Å². The Morgan fingerprint density at radius 3 is 2.70 bits per heavy atom. The highest BCUT2D eigenvalue weighted by Crippen LogP contribution is 2.34. The second-order valence-electron chi connectivity index (χ2n) is 4.52. The van der Waals surface area contributed by atoms with Gasteiger partial charge in [-0.3, -0.25) is 4.79 Å². The number of amides is 1. The van der Waals surface area contributed by atoms with Gasteiger partial charge in [0.2, 0.25) is 5.91 Å². The Morgan fingerprint density at radius 1 is 1.30 bits per heavy atom. The van der Waals surface area contributed by atoms with Crippen molar-refractivity contribution in [1.82, 2.24) is 0 Å². The number of benzene rings is 2. The topological polar surface area (TPSA) is 69.1 Å². The second kappa shape index (κ2) is 6.20. The first-order valence-corrected chi connectivity index (χ1v) is 7.41. The van der Waals surface area contributed by atoms with Crippen molar-refractivity contribution in [3.8, 4) is 0 Å². The number of hydrogen-bond acceptors (Lipinski definition) is 3. The zero-order valence-electron chi connectivity index (χ0n) is 11.0. The van der Waals surface area contributed by atoms with Gasteiger partial charge in [-0.25, -0.2) is 0 Å². The van der Waals surface area contributed by atoms with Gasteiger partial charge in [0, 0.05) is 16.3 Å². The number of rotatable bonds is 4. The monoisotopic (exact) mass is 306 g/mol. The van der Waals surface area contributed by atoms with Gasteiger partial charge >= 0.3 is 0 Å². The van der Waals surface area contributed by atoms with Gasteiger partial charge in [-0.15, -0.1) is 11.8 Å². The summed E-state index contributed by atoms with van der Waals surface area (Å²) >= 11 is 7.65. The Balaban J connectivity index is 2.27. The Kier molecular flexibility index (Phi) is 4.57. The third kappa shape index (κ3) is 3.46. The molecule has 3 nitrogen and oxygen atoms in total. The maximum absolute atomic E-state index is 11.5. The van der Waals surface area contributed by atoms with Crippen LogP contribution in [0.15, 0.2) is 41.3 Å². The third-order valence-electron chi connectivity index (χ3n) is 2.80. The minimum absolute atomic E-state index is 0.368. The van der Waals surface area contributed by atoms with Crippen molar-refractivity contribution in [3.05, 3.63) is 58.1 Å². The minimum Gasteiger partial charge on any atom is -0.399 e. The molecular weight excluding hydrogens is 292 g/mol. The van der Waals surface area contributed by atoms with Crippen molar-refractivity contribution in [2.45, 2.75) is 17.6 Å². The van der Waals surface area contributed by atoms with Crippen molar-refractivity contribution in [3.63, 3.8) is 0 Å². The molecule has 0 saturated heterocycles. The van der Waals surface area contributed by atoms with E-state index in [4.69, 9.17) is 23.1 Å². The molecule has 0 bridgehead atoms. The molecule has 0 aliphatic carbocycles. The van der Waals surface area contributed by atoms with Crippen LogP contribution in [-0.2, 0) is 5.75 Å². The van der Waals surface area contributed by atoms with E-state index < -0.39 is 5.91 Å². The van der Waals surface area contributed by atoms with E-state index in [0.717, 1.165) is 0 Å². The lowest BCUT2D eigenvalue weighted by Crippen LogP contribution is -2.13. The number of hydrogen-bond donors (Lipinski definition) is 2. The van der Waals surface area contributed by atoms with Crippen LogP contribution in [0.1, 0.15) is 21.5 Å². The van der Waals surface area contributed by atoms with Gasteiger partial charge in [-0.05, 0) is 24.6 Å². The molecule has 0 atom stereocenters. The van der Waals surface area contributed by atoms with Crippen molar-refractivity contribution < 1.29 is 4.79 Å². The predicted molar refractivity (Wildman–Crippen MR) is 85.1 cm³/mol. The van der Waals surface area contributed by atoms with Crippen molar-refractivity contribution in [2.24, 2.45) is 5.73 Å². The fourth-order valence-electron chi connectivity index (χ4n) is 1.90. The number of carbonyl (C=O) groups excluding carboxylic acids is 1. The van der Waals surface area contributed by atoms with Crippen LogP contribution in [0.25, 0.3) is 0 Å². The number of nitrogen functional groups attached to an aromatic ring is 1. The first-order valence-electron chi connectivity index (χ1n) is 6.04. The number of thioether (sulfide) groups is 1. The molecular formula is C15H15ClN2OS. The number of carbonyl (C=O) groups is 1. The maximum Gasteiger partial charge on any atom is 0.249 e. The van der Waals surface area contributed by atoms with Crippen LogP contribution in [0.3, 0.4) is 0 Å². The largest absolute Gasteiger partial charge is 0.399 e. The van der Waals surface area contributed by atoms with E-state index in [1.165, 1.54) is 22.9 Å². The molecule has 0 unspecified atom stereocenters. The smallest absolute Gasteiger partial charge is 0.249 e. The zero-order chi connectivity index (χ0) is 14.7. The summed E-state index contributed by atoms with van der Waals surface area (Å²) in [5.74, 6) is 0.192. The quantitative estimate of drug-likeness (QED) is 0.669. The summed E-state index contributed by atoms with van der Waals surface area (Å²) in [4.78, 5) is 12.2. The van der Waals surface area contributed by atoms with Crippen LogP contribution >= 0.6 is 23.4 Å². The summed E-state index contributed by atoms with van der Waals surface area (Å²) in [5, 5.41) is 0.455. The summed E-state index contributed by atoms with van der Waals surface area (Å²) in [6.07, 6.45) is 0. The first-order chi connectivity index (χ1) is 9.47. The summed E-state index contributed by atoms with van der Waals surface area (Å²) in [6, 6.07) is 11.4. The molecule has 0 heterocycles. The molecule has 1 amide bonds. The van der Waals surface area contributed by atoms with E-state index in [1.807, 2.05) is 25.1 Å². The summed E-state index contributed by atoms with van der Waals surface area (Å²) < 4.78 is 0. The minimum atomic E-state index is -0.522. The van der Waals surface area contributed by atoms with Crippen LogP contribution < -0.4 is 11.5 Å². The molecule has 0 aromatic heterocycles. The van der Waals surface area contributed by atoms with Gasteiger partial charge < -0.3 is 11.5 Å². The van der Waals surface area contributed by atoms with E-state index in [0.29, 0.717) is 26.9 Å². The highest BCUT2D eigenvalue weighted by atomic mass is 35.5. The van der Waals surface area contributed by atoms with E-state index in [1.54, 1.807) is 12.1 Å². The average molecular weight is 307 g/mol. The third-order valence-corrected chi connectivity index (χ3v) is 4.41. The van der Waals surface area contributed by atoms with Gasteiger partial charge in [-0.2, -0.15) is 0 Å². The predicted octanol–water partition coefficient (Wildman–Crippen LogP) is 3.62. The molecule has 5 heteroatoms. The molecule has 2 rings (SSSR count).